The van der Waals surface area contributed by atoms with Crippen LogP contribution in [0.2, 0.25) is 0 Å². The Hall–Kier alpha value is -2.58. The van der Waals surface area contributed by atoms with Crippen molar-refractivity contribution in [2.45, 2.75) is 46.5 Å². The minimum atomic E-state index is 0.439. The van der Waals surface area contributed by atoms with Crippen LogP contribution in [-0.2, 0) is 0 Å². The van der Waals surface area contributed by atoms with E-state index in [1.54, 1.807) is 0 Å². The van der Waals surface area contributed by atoms with Gasteiger partial charge in [-0.15, -0.1) is 11.3 Å². The lowest BCUT2D eigenvalue weighted by molar-refractivity contribution is 0.808. The first-order valence-electron chi connectivity index (χ1n) is 10.4. The molecule has 2 aromatic heterocycles. The van der Waals surface area contributed by atoms with Crippen LogP contribution < -0.4 is 0 Å². The molecule has 0 aliphatic rings. The predicted molar refractivity (Wildman–Crippen MR) is 127 cm³/mol. The van der Waals surface area contributed by atoms with E-state index in [0.717, 1.165) is 0 Å². The molecular weight excluding hydrogens is 370 g/mol. The lowest BCUT2D eigenvalue weighted by atomic mass is 9.89. The summed E-state index contributed by atoms with van der Waals surface area (Å²) in [5.74, 6) is 0.879. The average Bonchev–Trinajstić information content (AvgIpc) is 3.36. The van der Waals surface area contributed by atoms with E-state index in [0.29, 0.717) is 11.8 Å². The van der Waals surface area contributed by atoms with E-state index in [1.807, 2.05) is 11.3 Å². The molecule has 4 aromatic rings. The summed E-state index contributed by atoms with van der Waals surface area (Å²) in [7, 11) is 0. The zero-order valence-electron chi connectivity index (χ0n) is 17.9. The Labute approximate surface area is 178 Å². The van der Waals surface area contributed by atoms with Gasteiger partial charge in [-0.2, -0.15) is 0 Å². The molecule has 0 atom stereocenters. The van der Waals surface area contributed by atoms with Gasteiger partial charge in [0.1, 0.15) is 0 Å². The van der Waals surface area contributed by atoms with Crippen LogP contribution in [0.1, 0.15) is 55.5 Å². The van der Waals surface area contributed by atoms with Crippen molar-refractivity contribution >= 4 is 11.3 Å². The minimum Gasteiger partial charge on any atom is -0.316 e. The Kier molecular flexibility index (Phi) is 5.47. The fourth-order valence-electron chi connectivity index (χ4n) is 3.99. The van der Waals surface area contributed by atoms with Crippen molar-refractivity contribution < 1.29 is 0 Å². The largest absolute Gasteiger partial charge is 0.316 e. The van der Waals surface area contributed by atoms with Crippen LogP contribution in [0.3, 0.4) is 0 Å². The van der Waals surface area contributed by atoms with Crippen molar-refractivity contribution in [3.63, 3.8) is 0 Å². The smallest absolute Gasteiger partial charge is 0.0528 e. The number of nitrogens with zero attached hydrogens (tertiary/aromatic N) is 1. The Morgan fingerprint density at radius 2 is 1.38 bits per heavy atom. The molecule has 4 rings (SSSR count). The van der Waals surface area contributed by atoms with Crippen molar-refractivity contribution in [1.82, 2.24) is 4.57 Å². The van der Waals surface area contributed by atoms with Gasteiger partial charge >= 0.3 is 0 Å². The first kappa shape index (κ1) is 19.7. The van der Waals surface area contributed by atoms with Gasteiger partial charge in [-0.3, -0.25) is 0 Å². The van der Waals surface area contributed by atoms with Gasteiger partial charge in [-0.1, -0.05) is 58.0 Å². The first-order chi connectivity index (χ1) is 14.0. The zero-order valence-corrected chi connectivity index (χ0v) is 18.8. The summed E-state index contributed by atoms with van der Waals surface area (Å²) < 4.78 is 2.39. The number of benzene rings is 2. The molecule has 0 N–H and O–H groups in total. The molecule has 29 heavy (non-hydrogen) atoms. The summed E-state index contributed by atoms with van der Waals surface area (Å²) in [4.78, 5) is 2.71. The number of thiophene rings is 1. The summed E-state index contributed by atoms with van der Waals surface area (Å²) in [5, 5.41) is 0. The monoisotopic (exact) mass is 399 g/mol. The molecule has 2 heteroatoms. The second-order valence-corrected chi connectivity index (χ2v) is 9.64. The molecule has 0 aliphatic carbocycles. The van der Waals surface area contributed by atoms with Crippen molar-refractivity contribution in [1.29, 1.82) is 0 Å². The Morgan fingerprint density at radius 3 is 1.93 bits per heavy atom. The number of rotatable bonds is 5. The molecule has 0 spiro atoms. The quantitative estimate of drug-likeness (QED) is 0.317. The number of aryl methyl sites for hydroxylation is 1. The van der Waals surface area contributed by atoms with E-state index >= 15 is 0 Å². The van der Waals surface area contributed by atoms with Crippen LogP contribution in [0.5, 0.6) is 0 Å². The Morgan fingerprint density at radius 1 is 0.724 bits per heavy atom. The Balaban J connectivity index is 1.98. The van der Waals surface area contributed by atoms with Gasteiger partial charge in [-0.05, 0) is 77.4 Å². The van der Waals surface area contributed by atoms with Gasteiger partial charge < -0.3 is 4.57 Å². The first-order valence-corrected chi connectivity index (χ1v) is 11.2. The molecule has 0 saturated carbocycles. The highest BCUT2D eigenvalue weighted by molar-refractivity contribution is 7.15. The summed E-state index contributed by atoms with van der Waals surface area (Å²) in [6.45, 7) is 11.4. The van der Waals surface area contributed by atoms with Crippen molar-refractivity contribution in [2.24, 2.45) is 0 Å². The Bertz CT molecular complexity index is 1080. The third kappa shape index (κ3) is 3.82. The van der Waals surface area contributed by atoms with E-state index in [9.17, 15) is 0 Å². The molecule has 2 heterocycles. The summed E-state index contributed by atoms with van der Waals surface area (Å²) in [5.41, 5.74) is 7.99. The molecule has 148 valence electrons. The molecule has 0 amide bonds. The maximum atomic E-state index is 2.41. The van der Waals surface area contributed by atoms with Crippen LogP contribution >= 0.6 is 11.3 Å². The van der Waals surface area contributed by atoms with Crippen LogP contribution in [0.4, 0.5) is 0 Å². The number of aromatic nitrogens is 1. The topological polar surface area (TPSA) is 4.93 Å². The molecule has 2 aromatic carbocycles. The third-order valence-electron chi connectivity index (χ3n) is 5.50. The molecule has 0 saturated heterocycles. The van der Waals surface area contributed by atoms with Gasteiger partial charge in [0.25, 0.3) is 0 Å². The van der Waals surface area contributed by atoms with Crippen molar-refractivity contribution in [3.8, 4) is 27.4 Å². The molecule has 0 radical (unpaired) electrons. The molecule has 0 unspecified atom stereocenters. The fraction of sp³-hybridized carbons (Fsp3) is 0.259. The van der Waals surface area contributed by atoms with Gasteiger partial charge in [0, 0.05) is 16.0 Å². The van der Waals surface area contributed by atoms with Gasteiger partial charge in [0.2, 0.25) is 0 Å². The van der Waals surface area contributed by atoms with E-state index in [1.165, 1.54) is 43.4 Å². The van der Waals surface area contributed by atoms with E-state index in [-0.39, 0.29) is 0 Å². The van der Waals surface area contributed by atoms with E-state index < -0.39 is 0 Å². The standard InChI is InChI=1S/C27H29NS/c1-18(2)23-16-22(26-14-13-20(5)29-26)17-24(19(3)4)27(23)28-15-9-12-25(28)21-10-7-6-8-11-21/h6-19H,1-5H3. The van der Waals surface area contributed by atoms with Crippen molar-refractivity contribution in [2.75, 3.05) is 0 Å². The minimum absolute atomic E-state index is 0.439. The normalized spacial score (nSPS) is 11.6. The fourth-order valence-corrected chi connectivity index (χ4v) is 4.85. The van der Waals surface area contributed by atoms with E-state index in [4.69, 9.17) is 0 Å². The van der Waals surface area contributed by atoms with Crippen LogP contribution in [0, 0.1) is 6.92 Å². The molecule has 0 bridgehead atoms. The van der Waals surface area contributed by atoms with Gasteiger partial charge in [0.05, 0.1) is 11.4 Å². The predicted octanol–water partition coefficient (Wildman–Crippen LogP) is 8.43. The average molecular weight is 400 g/mol. The highest BCUT2D eigenvalue weighted by atomic mass is 32.1. The lowest BCUT2D eigenvalue weighted by Crippen LogP contribution is -2.08. The summed E-state index contributed by atoms with van der Waals surface area (Å²) >= 11 is 1.88. The molecular formula is C27H29NS. The maximum Gasteiger partial charge on any atom is 0.0528 e. The maximum absolute atomic E-state index is 2.41. The molecule has 1 nitrogen and oxygen atoms in total. The van der Waals surface area contributed by atoms with Crippen molar-refractivity contribution in [3.05, 3.63) is 88.9 Å². The second-order valence-electron chi connectivity index (χ2n) is 8.35. The van der Waals surface area contributed by atoms with Gasteiger partial charge in [-0.25, -0.2) is 0 Å². The highest BCUT2D eigenvalue weighted by Crippen LogP contribution is 2.39. The van der Waals surface area contributed by atoms with E-state index in [2.05, 4.69) is 112 Å². The number of hydrogen-bond acceptors (Lipinski definition) is 1. The lowest BCUT2D eigenvalue weighted by Gasteiger charge is -2.24. The van der Waals surface area contributed by atoms with Crippen LogP contribution in [0.25, 0.3) is 27.4 Å². The summed E-state index contributed by atoms with van der Waals surface area (Å²) in [6, 6.07) is 24.4. The number of hydrogen-bond donors (Lipinski definition) is 0. The highest BCUT2D eigenvalue weighted by Gasteiger charge is 2.20. The van der Waals surface area contributed by atoms with Crippen LogP contribution in [0.15, 0.2) is 72.9 Å². The second kappa shape index (κ2) is 8.04. The molecule has 0 aliphatic heterocycles. The van der Waals surface area contributed by atoms with Crippen LogP contribution in [-0.4, -0.2) is 4.57 Å². The molecule has 0 fully saturated rings. The SMILES string of the molecule is Cc1ccc(-c2cc(C(C)C)c(-n3cccc3-c3ccccc3)c(C(C)C)c2)s1. The van der Waals surface area contributed by atoms with Gasteiger partial charge in [0.15, 0.2) is 0 Å². The summed E-state index contributed by atoms with van der Waals surface area (Å²) in [6.07, 6.45) is 2.21. The zero-order chi connectivity index (χ0) is 20.5. The third-order valence-corrected chi connectivity index (χ3v) is 6.55.